The second-order valence-electron chi connectivity index (χ2n) is 6.93. The first-order chi connectivity index (χ1) is 10.1. The quantitative estimate of drug-likeness (QED) is 0.581. The van der Waals surface area contributed by atoms with Crippen LogP contribution in [0.5, 0.6) is 0 Å². The van der Waals surface area contributed by atoms with Gasteiger partial charge in [-0.15, -0.1) is 0 Å². The number of thiocarbonyl (C=S) groups is 1. The van der Waals surface area contributed by atoms with Crippen LogP contribution in [0.25, 0.3) is 0 Å². The zero-order valence-electron chi connectivity index (χ0n) is 12.0. The maximum absolute atomic E-state index is 12.1. The lowest BCUT2D eigenvalue weighted by atomic mass is 9.74. The van der Waals surface area contributed by atoms with Gasteiger partial charge >= 0.3 is 5.97 Å². The maximum atomic E-state index is 12.1. The summed E-state index contributed by atoms with van der Waals surface area (Å²) in [7, 11) is 0. The van der Waals surface area contributed by atoms with Crippen molar-refractivity contribution >= 4 is 23.3 Å². The number of nitrogens with one attached hydrogen (secondary N) is 1. The highest BCUT2D eigenvalue weighted by Gasteiger charge is 2.59. The van der Waals surface area contributed by atoms with Gasteiger partial charge < -0.3 is 20.1 Å². The van der Waals surface area contributed by atoms with Crippen molar-refractivity contribution < 1.29 is 14.6 Å². The number of esters is 1. The predicted molar refractivity (Wildman–Crippen MR) is 80.6 cm³/mol. The lowest BCUT2D eigenvalue weighted by Crippen LogP contribution is -2.66. The number of fused-ring (bicyclic) bond motifs is 2. The van der Waals surface area contributed by atoms with Crippen LogP contribution in [0.1, 0.15) is 38.5 Å². The van der Waals surface area contributed by atoms with Gasteiger partial charge in [-0.25, -0.2) is 0 Å². The van der Waals surface area contributed by atoms with Crippen LogP contribution < -0.4 is 5.32 Å². The van der Waals surface area contributed by atoms with Crippen molar-refractivity contribution in [1.82, 2.24) is 10.2 Å². The van der Waals surface area contributed by atoms with Crippen LogP contribution in [0.15, 0.2) is 0 Å². The van der Waals surface area contributed by atoms with E-state index in [1.165, 1.54) is 32.1 Å². The molecule has 21 heavy (non-hydrogen) atoms. The molecule has 6 heteroatoms. The third kappa shape index (κ3) is 2.14. The lowest BCUT2D eigenvalue weighted by Gasteiger charge is -2.48. The molecule has 2 N–H and O–H groups in total. The van der Waals surface area contributed by atoms with Crippen molar-refractivity contribution in [1.29, 1.82) is 0 Å². The summed E-state index contributed by atoms with van der Waals surface area (Å²) in [5, 5.41) is 14.1. The maximum Gasteiger partial charge on any atom is 0.311 e. The molecular formula is C15H22N2O3S. The van der Waals surface area contributed by atoms with Gasteiger partial charge in [0, 0.05) is 6.54 Å². The number of carbonyl (C=O) groups is 1. The highest BCUT2D eigenvalue weighted by atomic mass is 32.1. The molecule has 0 aromatic carbocycles. The minimum absolute atomic E-state index is 0.0347. The van der Waals surface area contributed by atoms with E-state index in [-0.39, 0.29) is 24.0 Å². The fourth-order valence-corrected chi connectivity index (χ4v) is 4.95. The molecule has 0 radical (unpaired) electrons. The van der Waals surface area contributed by atoms with E-state index in [2.05, 4.69) is 10.2 Å². The Bertz CT molecular complexity index is 466. The van der Waals surface area contributed by atoms with E-state index in [0.717, 1.165) is 11.7 Å². The minimum atomic E-state index is -0.557. The smallest absolute Gasteiger partial charge is 0.311 e. The normalized spacial score (nSPS) is 42.7. The summed E-state index contributed by atoms with van der Waals surface area (Å²) in [5.74, 6) is 0.275. The molecule has 0 aromatic rings. The number of rotatable bonds is 2. The van der Waals surface area contributed by atoms with Gasteiger partial charge in [0.05, 0.1) is 24.1 Å². The molecule has 5 nitrogen and oxygen atoms in total. The fraction of sp³-hybridized carbons (Fsp3) is 0.867. The fourth-order valence-electron chi connectivity index (χ4n) is 4.62. The molecular weight excluding hydrogens is 288 g/mol. The van der Waals surface area contributed by atoms with Crippen LogP contribution in [0.3, 0.4) is 0 Å². The van der Waals surface area contributed by atoms with Crippen molar-refractivity contribution in [2.45, 2.75) is 62.8 Å². The Labute approximate surface area is 130 Å². The molecule has 0 spiro atoms. The predicted octanol–water partition coefficient (Wildman–Crippen LogP) is 0.800. The highest BCUT2D eigenvalue weighted by molar-refractivity contribution is 7.80. The van der Waals surface area contributed by atoms with E-state index in [0.29, 0.717) is 12.3 Å². The van der Waals surface area contributed by atoms with E-state index in [1.54, 1.807) is 0 Å². The van der Waals surface area contributed by atoms with Gasteiger partial charge in [-0.1, -0.05) is 19.3 Å². The Morgan fingerprint density at radius 3 is 2.86 bits per heavy atom. The number of ether oxygens (including phenoxy) is 1. The van der Waals surface area contributed by atoms with Crippen molar-refractivity contribution in [2.24, 2.45) is 11.8 Å². The summed E-state index contributed by atoms with van der Waals surface area (Å²) in [4.78, 5) is 14.3. The second kappa shape index (κ2) is 5.09. The molecule has 3 saturated heterocycles. The Morgan fingerprint density at radius 2 is 2.10 bits per heavy atom. The summed E-state index contributed by atoms with van der Waals surface area (Å²) >= 11 is 5.50. The van der Waals surface area contributed by atoms with Crippen LogP contribution in [0.2, 0.25) is 0 Å². The van der Waals surface area contributed by atoms with Gasteiger partial charge in [0.1, 0.15) is 6.10 Å². The molecule has 5 rings (SSSR count). The van der Waals surface area contributed by atoms with Crippen molar-refractivity contribution in [3.8, 4) is 0 Å². The number of aliphatic hydroxyl groups excluding tert-OH is 1. The van der Waals surface area contributed by atoms with E-state index in [9.17, 15) is 9.90 Å². The van der Waals surface area contributed by atoms with Gasteiger partial charge in [-0.05, 0) is 37.4 Å². The van der Waals surface area contributed by atoms with Crippen molar-refractivity contribution in [3.05, 3.63) is 0 Å². The number of carbonyl (C=O) groups excluding carboxylic acids is 1. The minimum Gasteiger partial charge on any atom is -0.457 e. The zero-order chi connectivity index (χ0) is 14.6. The summed E-state index contributed by atoms with van der Waals surface area (Å²) in [6, 6.07) is 0.0432. The Balaban J connectivity index is 1.55. The first-order valence-electron chi connectivity index (χ1n) is 8.11. The largest absolute Gasteiger partial charge is 0.457 e. The van der Waals surface area contributed by atoms with E-state index in [4.69, 9.17) is 17.0 Å². The lowest BCUT2D eigenvalue weighted by molar-refractivity contribution is -0.193. The van der Waals surface area contributed by atoms with Crippen LogP contribution >= 0.6 is 12.2 Å². The third-order valence-electron chi connectivity index (χ3n) is 5.65. The molecule has 0 unspecified atom stereocenters. The highest BCUT2D eigenvalue weighted by Crippen LogP contribution is 2.41. The van der Waals surface area contributed by atoms with Gasteiger partial charge in [0.2, 0.25) is 0 Å². The van der Waals surface area contributed by atoms with Gasteiger partial charge in [-0.2, -0.15) is 0 Å². The molecule has 0 aromatic heterocycles. The first kappa shape index (κ1) is 13.8. The molecule has 116 valence electrons. The third-order valence-corrected chi connectivity index (χ3v) is 6.01. The first-order valence-corrected chi connectivity index (χ1v) is 8.51. The average molecular weight is 310 g/mol. The zero-order valence-corrected chi connectivity index (χ0v) is 12.8. The van der Waals surface area contributed by atoms with E-state index >= 15 is 0 Å². The standard InChI is InChI=1S/C15H22N2O3S/c18-10-6-9-12-11(13(10)20-14(9)19)16-15(21)17(12)7-8-4-2-1-3-5-8/h8-13,18H,1-7H2,(H,16,21)/t9-,10-,11-,12-,13-/m1/s1. The van der Waals surface area contributed by atoms with Crippen LogP contribution in [0, 0.1) is 11.8 Å². The molecule has 5 fully saturated rings. The van der Waals surface area contributed by atoms with E-state index in [1.807, 2.05) is 0 Å². The summed E-state index contributed by atoms with van der Waals surface area (Å²) < 4.78 is 5.36. The van der Waals surface area contributed by atoms with Crippen LogP contribution in [0.4, 0.5) is 0 Å². The van der Waals surface area contributed by atoms with Crippen LogP contribution in [-0.2, 0) is 9.53 Å². The van der Waals surface area contributed by atoms with Crippen molar-refractivity contribution in [2.75, 3.05) is 6.54 Å². The summed E-state index contributed by atoms with van der Waals surface area (Å²) in [5.41, 5.74) is 0. The molecule has 5 aliphatic rings. The van der Waals surface area contributed by atoms with Crippen molar-refractivity contribution in [3.63, 3.8) is 0 Å². The number of nitrogens with zero attached hydrogens (tertiary/aromatic N) is 1. The summed E-state index contributed by atoms with van der Waals surface area (Å²) in [6.45, 7) is 0.944. The topological polar surface area (TPSA) is 61.8 Å². The number of hydrogen-bond acceptors (Lipinski definition) is 4. The summed E-state index contributed by atoms with van der Waals surface area (Å²) in [6.07, 6.45) is 5.99. The van der Waals surface area contributed by atoms with Gasteiger partial charge in [0.15, 0.2) is 5.11 Å². The monoisotopic (exact) mass is 310 g/mol. The van der Waals surface area contributed by atoms with Gasteiger partial charge in [0.25, 0.3) is 0 Å². The number of aliphatic hydroxyl groups is 1. The van der Waals surface area contributed by atoms with E-state index < -0.39 is 12.2 Å². The molecule has 3 aliphatic heterocycles. The Kier molecular flexibility index (Phi) is 3.34. The second-order valence-corrected chi connectivity index (χ2v) is 7.32. The molecule has 2 aliphatic carbocycles. The molecule has 2 bridgehead atoms. The average Bonchev–Trinajstić information content (AvgIpc) is 2.80. The van der Waals surface area contributed by atoms with Gasteiger partial charge in [-0.3, -0.25) is 4.79 Å². The molecule has 3 heterocycles. The number of hydrogen-bond donors (Lipinski definition) is 2. The molecule has 2 saturated carbocycles. The molecule has 5 atom stereocenters. The SMILES string of the molecule is O=C1O[C@H]2[C@@H]3NC(=S)N(CC4CCCCC4)[C@@H]3[C@H]1C[C@H]2O. The Hall–Kier alpha value is -0.880. The van der Waals surface area contributed by atoms with Crippen LogP contribution in [-0.4, -0.2) is 51.9 Å². The Morgan fingerprint density at radius 1 is 1.33 bits per heavy atom. The molecule has 0 amide bonds.